The second-order valence-electron chi connectivity index (χ2n) is 16.2. The third kappa shape index (κ3) is 5.59. The summed E-state index contributed by atoms with van der Waals surface area (Å²) in [5.74, 6) is 3.61. The molecule has 0 saturated heterocycles. The average Bonchev–Trinajstić information content (AvgIpc) is 3.45. The highest BCUT2D eigenvalue weighted by atomic mass is 15.0. The van der Waals surface area contributed by atoms with Crippen molar-refractivity contribution in [2.24, 2.45) is 10.9 Å². The zero-order valence-corrected chi connectivity index (χ0v) is 33.9. The molecule has 1 unspecified atom stereocenters. The van der Waals surface area contributed by atoms with Crippen molar-refractivity contribution in [1.82, 2.24) is 9.38 Å². The fourth-order valence-corrected chi connectivity index (χ4v) is 9.74. The Labute approximate surface area is 354 Å². The first-order valence-corrected chi connectivity index (χ1v) is 21.1. The van der Waals surface area contributed by atoms with E-state index in [1.807, 2.05) is 6.07 Å². The molecule has 3 heterocycles. The van der Waals surface area contributed by atoms with Crippen LogP contribution >= 0.6 is 0 Å². The highest BCUT2D eigenvalue weighted by molar-refractivity contribution is 6.21. The summed E-state index contributed by atoms with van der Waals surface area (Å²) in [5, 5.41) is 8.52. The van der Waals surface area contributed by atoms with Crippen molar-refractivity contribution >= 4 is 83.1 Å². The van der Waals surface area contributed by atoms with Crippen LogP contribution in [-0.2, 0) is 0 Å². The molecule has 2 aromatic heterocycles. The van der Waals surface area contributed by atoms with Crippen LogP contribution in [0.15, 0.2) is 210 Å². The van der Waals surface area contributed by atoms with E-state index in [-0.39, 0.29) is 5.92 Å². The quantitative estimate of drug-likeness (QED) is 0.164. The molecular weight excluding hydrogens is 739 g/mol. The highest BCUT2D eigenvalue weighted by Gasteiger charge is 2.22. The van der Waals surface area contributed by atoms with Crippen molar-refractivity contribution in [3.63, 3.8) is 0 Å². The van der Waals surface area contributed by atoms with Crippen LogP contribution in [0.4, 0.5) is 5.69 Å². The summed E-state index contributed by atoms with van der Waals surface area (Å²) >= 11 is 0. The Morgan fingerprint density at radius 3 is 2.26 bits per heavy atom. The summed E-state index contributed by atoms with van der Waals surface area (Å²) in [6, 6.07) is 46.9. The molecule has 0 fully saturated rings. The van der Waals surface area contributed by atoms with Gasteiger partial charge in [0.05, 0.1) is 16.6 Å². The van der Waals surface area contributed by atoms with Gasteiger partial charge in [-0.05, 0) is 139 Å². The van der Waals surface area contributed by atoms with Crippen molar-refractivity contribution in [3.8, 4) is 22.3 Å². The van der Waals surface area contributed by atoms with Gasteiger partial charge < -0.3 is 0 Å². The molecule has 2 aliphatic carbocycles. The van der Waals surface area contributed by atoms with Crippen LogP contribution in [0.1, 0.15) is 25.0 Å². The number of fused-ring (bicyclic) bond motifs is 12. The van der Waals surface area contributed by atoms with Gasteiger partial charge in [-0.15, -0.1) is 0 Å². The van der Waals surface area contributed by atoms with Crippen molar-refractivity contribution in [2.75, 3.05) is 0 Å². The number of aromatic nitrogens is 2. The fraction of sp³-hybridized carbons (Fsp3) is 0.0517. The number of imidazole rings is 1. The van der Waals surface area contributed by atoms with Crippen molar-refractivity contribution in [3.05, 3.63) is 216 Å². The second-order valence-corrected chi connectivity index (χ2v) is 16.2. The number of nitrogens with zero attached hydrogens (tertiary/aromatic N) is 3. The molecule has 0 spiro atoms. The van der Waals surface area contributed by atoms with Gasteiger partial charge in [0.1, 0.15) is 5.69 Å². The first-order chi connectivity index (χ1) is 30.1. The number of pyridine rings is 1. The molecule has 61 heavy (non-hydrogen) atoms. The minimum atomic E-state index is 0.263. The minimum Gasteiger partial charge on any atom is -0.290 e. The third-order valence-electron chi connectivity index (χ3n) is 12.7. The molecular formula is C58H39N3. The van der Waals surface area contributed by atoms with Crippen molar-refractivity contribution in [2.45, 2.75) is 13.8 Å². The van der Waals surface area contributed by atoms with E-state index in [4.69, 9.17) is 9.98 Å². The Morgan fingerprint density at radius 1 is 0.623 bits per heavy atom. The Bertz CT molecular complexity index is 3700. The SMILES string of the molecule is C/C=C\C1=Cc2c(c3nc4ccccc4n3c3ccc(-c4ccc5c(C6=CC=C7C=CC=CC7C=C6)c6ccccc6c(-c6ccc7ccccc7c6)c5c4)cc23)N=C=C1C. The van der Waals surface area contributed by atoms with Crippen LogP contribution in [0.2, 0.25) is 0 Å². The molecule has 9 aromatic rings. The molecule has 286 valence electrons. The molecule has 12 rings (SSSR count). The molecule has 7 aromatic carbocycles. The maximum atomic E-state index is 5.14. The monoisotopic (exact) mass is 777 g/mol. The van der Waals surface area contributed by atoms with Crippen LogP contribution in [0.5, 0.6) is 0 Å². The van der Waals surface area contributed by atoms with Gasteiger partial charge in [-0.25, -0.2) is 9.98 Å². The summed E-state index contributed by atoms with van der Waals surface area (Å²) in [4.78, 5) is 10.2. The number of hydrogen-bond acceptors (Lipinski definition) is 2. The first kappa shape index (κ1) is 35.1. The molecule has 0 bridgehead atoms. The van der Waals surface area contributed by atoms with Gasteiger partial charge in [-0.2, -0.15) is 0 Å². The van der Waals surface area contributed by atoms with E-state index in [1.54, 1.807) is 0 Å². The van der Waals surface area contributed by atoms with Gasteiger partial charge in [-0.1, -0.05) is 152 Å². The smallest absolute Gasteiger partial charge is 0.165 e. The molecule has 3 nitrogen and oxygen atoms in total. The second kappa shape index (κ2) is 13.9. The van der Waals surface area contributed by atoms with Crippen LogP contribution < -0.4 is 0 Å². The lowest BCUT2D eigenvalue weighted by Crippen LogP contribution is -1.96. The van der Waals surface area contributed by atoms with Crippen molar-refractivity contribution in [1.29, 1.82) is 0 Å². The zero-order valence-electron chi connectivity index (χ0n) is 33.9. The topological polar surface area (TPSA) is 29.7 Å². The van der Waals surface area contributed by atoms with Crippen LogP contribution in [0, 0.1) is 5.92 Å². The predicted octanol–water partition coefficient (Wildman–Crippen LogP) is 15.3. The Balaban J connectivity index is 1.15. The Kier molecular flexibility index (Phi) is 8.00. The van der Waals surface area contributed by atoms with E-state index in [1.165, 1.54) is 60.2 Å². The molecule has 0 N–H and O–H groups in total. The van der Waals surface area contributed by atoms with Gasteiger partial charge >= 0.3 is 0 Å². The van der Waals surface area contributed by atoms with E-state index in [2.05, 4.69) is 212 Å². The predicted molar refractivity (Wildman–Crippen MR) is 260 cm³/mol. The number of allylic oxidation sites excluding steroid dienone is 14. The maximum Gasteiger partial charge on any atom is 0.165 e. The molecule has 1 atom stereocenters. The van der Waals surface area contributed by atoms with Gasteiger partial charge in [0, 0.05) is 22.4 Å². The number of benzene rings is 7. The van der Waals surface area contributed by atoms with Gasteiger partial charge in [0.25, 0.3) is 0 Å². The van der Waals surface area contributed by atoms with Gasteiger partial charge in [-0.3, -0.25) is 4.40 Å². The number of aliphatic imine (C=N–C) groups is 1. The first-order valence-electron chi connectivity index (χ1n) is 21.1. The Hall–Kier alpha value is -7.84. The van der Waals surface area contributed by atoms with E-state index in [0.29, 0.717) is 0 Å². The number of para-hydroxylation sites is 2. The van der Waals surface area contributed by atoms with E-state index < -0.39 is 0 Å². The molecule has 0 saturated carbocycles. The molecule has 3 heteroatoms. The lowest BCUT2D eigenvalue weighted by atomic mass is 9.84. The minimum absolute atomic E-state index is 0.263. The summed E-state index contributed by atoms with van der Waals surface area (Å²) < 4.78 is 2.27. The average molecular weight is 778 g/mol. The number of hydrogen-bond donors (Lipinski definition) is 0. The van der Waals surface area contributed by atoms with Crippen molar-refractivity contribution < 1.29 is 0 Å². The normalized spacial score (nSPS) is 16.0. The summed E-state index contributed by atoms with van der Waals surface area (Å²) in [5.41, 5.74) is 16.4. The summed E-state index contributed by atoms with van der Waals surface area (Å²) in [6.45, 7) is 4.13. The van der Waals surface area contributed by atoms with E-state index in [0.717, 1.165) is 61.1 Å². The Morgan fingerprint density at radius 2 is 1.38 bits per heavy atom. The molecule has 3 aliphatic rings. The maximum absolute atomic E-state index is 5.14. The van der Waals surface area contributed by atoms with E-state index in [9.17, 15) is 0 Å². The summed E-state index contributed by atoms with van der Waals surface area (Å²) in [7, 11) is 0. The van der Waals surface area contributed by atoms with Crippen LogP contribution in [0.25, 0.3) is 93.8 Å². The van der Waals surface area contributed by atoms with E-state index >= 15 is 0 Å². The molecule has 0 amide bonds. The molecule has 1 aliphatic heterocycles. The largest absolute Gasteiger partial charge is 0.290 e. The summed E-state index contributed by atoms with van der Waals surface area (Å²) in [6.07, 6.45) is 24.5. The highest BCUT2D eigenvalue weighted by Crippen LogP contribution is 2.46. The molecule has 0 radical (unpaired) electrons. The third-order valence-corrected chi connectivity index (χ3v) is 12.7. The lowest BCUT2D eigenvalue weighted by Gasteiger charge is -2.19. The standard InChI is InChI=1S/C58H39N3/c1-3-12-41-32-51-49-33-44(28-30-53(49)61-54-20-11-10-19-52(54)60-58(61)57(51)59-35-36(41)2)43-27-29-48-50(34-43)56(45-26-23-39-15-6-7-16-42(39)31-45)47-18-9-8-17-46(47)55(48)40-24-21-37-13-4-5-14-38(37)22-25-40/h3-34,37H,1-2H3/b12-3-. The van der Waals surface area contributed by atoms with Crippen LogP contribution in [-0.4, -0.2) is 15.3 Å². The lowest BCUT2D eigenvalue weighted by molar-refractivity contribution is 0.998. The van der Waals surface area contributed by atoms with Gasteiger partial charge in [0.2, 0.25) is 0 Å². The zero-order chi connectivity index (χ0) is 40.6. The van der Waals surface area contributed by atoms with Gasteiger partial charge in [0.15, 0.2) is 5.65 Å². The number of rotatable bonds is 4. The fourth-order valence-electron chi connectivity index (χ4n) is 9.74. The van der Waals surface area contributed by atoms with Crippen LogP contribution in [0.3, 0.4) is 0 Å².